The third-order valence-electron chi connectivity index (χ3n) is 2.74. The van der Waals surface area contributed by atoms with Gasteiger partial charge in [0.25, 0.3) is 0 Å². The zero-order chi connectivity index (χ0) is 14.0. The summed E-state index contributed by atoms with van der Waals surface area (Å²) in [5.74, 6) is 1.28. The maximum absolute atomic E-state index is 11.5. The summed E-state index contributed by atoms with van der Waals surface area (Å²) in [6, 6.07) is 2.05. The molecule has 102 valence electrons. The molecule has 0 fully saturated rings. The first-order chi connectivity index (χ1) is 9.05. The second-order valence-corrected chi connectivity index (χ2v) is 5.46. The molecule has 2 heterocycles. The van der Waals surface area contributed by atoms with Crippen LogP contribution in [-0.2, 0) is 4.79 Å². The van der Waals surface area contributed by atoms with Crippen LogP contribution in [0.1, 0.15) is 4.88 Å². The van der Waals surface area contributed by atoms with Crippen LogP contribution >= 0.6 is 11.3 Å². The first kappa shape index (κ1) is 13.5. The molecular weight excluding hydrogens is 262 g/mol. The Kier molecular flexibility index (Phi) is 3.84. The molecule has 0 aliphatic carbocycles. The quantitative estimate of drug-likeness (QED) is 0.880. The lowest BCUT2D eigenvalue weighted by molar-refractivity contribution is -0.119. The van der Waals surface area contributed by atoms with Crippen molar-refractivity contribution in [2.45, 2.75) is 6.92 Å². The number of likely N-dealkylation sites (N-methyl/N-ethyl adjacent to an activating group) is 2. The maximum Gasteiger partial charge on any atom is 0.239 e. The van der Waals surface area contributed by atoms with Gasteiger partial charge in [-0.05, 0) is 13.0 Å². The number of carbonyl (C=O) groups excluding carboxylic acids is 1. The van der Waals surface area contributed by atoms with Gasteiger partial charge in [0.1, 0.15) is 10.6 Å². The number of nitrogens with one attached hydrogen (secondary N) is 2. The minimum absolute atomic E-state index is 0.0489. The first-order valence-corrected chi connectivity index (χ1v) is 6.74. The van der Waals surface area contributed by atoms with Gasteiger partial charge in [-0.25, -0.2) is 4.98 Å². The summed E-state index contributed by atoms with van der Waals surface area (Å²) in [6.45, 7) is 2.30. The Hall–Kier alpha value is -1.89. The fourth-order valence-corrected chi connectivity index (χ4v) is 2.67. The monoisotopic (exact) mass is 279 g/mol. The third kappa shape index (κ3) is 2.76. The number of carbonyl (C=O) groups is 1. The Morgan fingerprint density at radius 3 is 2.79 bits per heavy atom. The molecule has 2 rings (SSSR count). The van der Waals surface area contributed by atoms with Crippen LogP contribution in [0.15, 0.2) is 6.07 Å². The highest BCUT2D eigenvalue weighted by molar-refractivity contribution is 7.18. The van der Waals surface area contributed by atoms with Crippen molar-refractivity contribution in [3.63, 3.8) is 0 Å². The molecule has 0 aliphatic rings. The van der Waals surface area contributed by atoms with Crippen LogP contribution in [0, 0.1) is 6.92 Å². The molecule has 0 saturated heterocycles. The van der Waals surface area contributed by atoms with E-state index in [-0.39, 0.29) is 12.5 Å². The number of aromatic nitrogens is 2. The van der Waals surface area contributed by atoms with E-state index in [2.05, 4.69) is 26.7 Å². The Morgan fingerprint density at radius 2 is 2.16 bits per heavy atom. The second kappa shape index (κ2) is 5.40. The van der Waals surface area contributed by atoms with Crippen molar-refractivity contribution in [1.82, 2.24) is 15.3 Å². The molecule has 0 spiro atoms. The smallest absolute Gasteiger partial charge is 0.239 e. The van der Waals surface area contributed by atoms with E-state index in [0.29, 0.717) is 5.95 Å². The van der Waals surface area contributed by atoms with Crippen molar-refractivity contribution in [3.05, 3.63) is 10.9 Å². The summed E-state index contributed by atoms with van der Waals surface area (Å²) in [5, 5.41) is 6.54. The summed E-state index contributed by atoms with van der Waals surface area (Å²) >= 11 is 1.62. The molecule has 0 saturated carbocycles. The van der Waals surface area contributed by atoms with Crippen molar-refractivity contribution in [2.75, 3.05) is 37.9 Å². The summed E-state index contributed by atoms with van der Waals surface area (Å²) in [6.07, 6.45) is 0. The SMILES string of the molecule is CNC(=O)CN(C)c1nc(NC)nc2sc(C)cc12. The van der Waals surface area contributed by atoms with Gasteiger partial charge < -0.3 is 15.5 Å². The van der Waals surface area contributed by atoms with E-state index < -0.39 is 0 Å². The summed E-state index contributed by atoms with van der Waals surface area (Å²) in [5.41, 5.74) is 0. The average molecular weight is 279 g/mol. The Labute approximate surface area is 115 Å². The fraction of sp³-hybridized carbons (Fsp3) is 0.417. The molecule has 1 amide bonds. The van der Waals surface area contributed by atoms with Crippen molar-refractivity contribution in [2.24, 2.45) is 0 Å². The fourth-order valence-electron chi connectivity index (χ4n) is 1.80. The number of thiophene rings is 1. The molecular formula is C12H17N5OS. The Balaban J connectivity index is 2.47. The van der Waals surface area contributed by atoms with E-state index in [1.165, 1.54) is 4.88 Å². The van der Waals surface area contributed by atoms with Crippen LogP contribution in [0.3, 0.4) is 0 Å². The highest BCUT2D eigenvalue weighted by atomic mass is 32.1. The largest absolute Gasteiger partial charge is 0.358 e. The molecule has 2 aromatic heterocycles. The van der Waals surface area contributed by atoms with Crippen molar-refractivity contribution >= 4 is 39.2 Å². The van der Waals surface area contributed by atoms with E-state index in [1.54, 1.807) is 25.4 Å². The molecule has 7 heteroatoms. The predicted molar refractivity (Wildman–Crippen MR) is 79.0 cm³/mol. The number of nitrogens with zero attached hydrogens (tertiary/aromatic N) is 3. The van der Waals surface area contributed by atoms with E-state index in [1.807, 2.05) is 18.9 Å². The molecule has 0 aromatic carbocycles. The topological polar surface area (TPSA) is 70.2 Å². The van der Waals surface area contributed by atoms with Gasteiger partial charge in [0.05, 0.1) is 11.9 Å². The number of anilines is 2. The molecule has 0 aliphatic heterocycles. The molecule has 19 heavy (non-hydrogen) atoms. The van der Waals surface area contributed by atoms with E-state index in [9.17, 15) is 4.79 Å². The van der Waals surface area contributed by atoms with Gasteiger partial charge in [-0.1, -0.05) is 0 Å². The Bertz CT molecular complexity index is 609. The molecule has 0 unspecified atom stereocenters. The van der Waals surface area contributed by atoms with Gasteiger partial charge in [-0.2, -0.15) is 4.98 Å². The third-order valence-corrected chi connectivity index (χ3v) is 3.68. The maximum atomic E-state index is 11.5. The molecule has 0 bridgehead atoms. The van der Waals surface area contributed by atoms with Crippen LogP contribution < -0.4 is 15.5 Å². The number of amides is 1. The summed E-state index contributed by atoms with van der Waals surface area (Å²) in [4.78, 5) is 24.3. The van der Waals surface area contributed by atoms with Crippen LogP contribution in [0.4, 0.5) is 11.8 Å². The zero-order valence-electron chi connectivity index (χ0n) is 11.4. The lowest BCUT2D eigenvalue weighted by Crippen LogP contribution is -2.33. The molecule has 0 atom stereocenters. The van der Waals surface area contributed by atoms with Crippen molar-refractivity contribution in [1.29, 1.82) is 0 Å². The number of hydrogen-bond acceptors (Lipinski definition) is 6. The van der Waals surface area contributed by atoms with Gasteiger partial charge in [0.2, 0.25) is 11.9 Å². The minimum Gasteiger partial charge on any atom is -0.358 e. The van der Waals surface area contributed by atoms with Crippen LogP contribution in [0.2, 0.25) is 0 Å². The predicted octanol–water partition coefficient (Wildman–Crippen LogP) is 1.22. The van der Waals surface area contributed by atoms with Crippen LogP contribution in [0.25, 0.3) is 10.2 Å². The first-order valence-electron chi connectivity index (χ1n) is 5.92. The standard InChI is InChI=1S/C12H17N5OS/c1-7-5-8-10(17(4)6-9(18)13-2)15-12(14-3)16-11(8)19-7/h5H,6H2,1-4H3,(H,13,18)(H,14,15,16). The Morgan fingerprint density at radius 1 is 1.42 bits per heavy atom. The average Bonchev–Trinajstić information content (AvgIpc) is 2.76. The van der Waals surface area contributed by atoms with Gasteiger partial charge in [-0.3, -0.25) is 4.79 Å². The van der Waals surface area contributed by atoms with E-state index in [4.69, 9.17) is 0 Å². The second-order valence-electron chi connectivity index (χ2n) is 4.23. The normalized spacial score (nSPS) is 10.5. The van der Waals surface area contributed by atoms with Gasteiger partial charge in [-0.15, -0.1) is 11.3 Å². The minimum atomic E-state index is -0.0489. The molecule has 0 radical (unpaired) electrons. The molecule has 2 N–H and O–H groups in total. The highest BCUT2D eigenvalue weighted by Crippen LogP contribution is 2.31. The lowest BCUT2D eigenvalue weighted by atomic mass is 10.3. The number of hydrogen-bond donors (Lipinski definition) is 2. The van der Waals surface area contributed by atoms with Gasteiger partial charge in [0.15, 0.2) is 0 Å². The van der Waals surface area contributed by atoms with Crippen LogP contribution in [0.5, 0.6) is 0 Å². The van der Waals surface area contributed by atoms with Gasteiger partial charge in [0, 0.05) is 26.0 Å². The summed E-state index contributed by atoms with van der Waals surface area (Å²) in [7, 11) is 5.26. The van der Waals surface area contributed by atoms with Crippen molar-refractivity contribution < 1.29 is 4.79 Å². The number of fused-ring (bicyclic) bond motifs is 1. The highest BCUT2D eigenvalue weighted by Gasteiger charge is 2.15. The van der Waals surface area contributed by atoms with E-state index in [0.717, 1.165) is 16.0 Å². The summed E-state index contributed by atoms with van der Waals surface area (Å²) < 4.78 is 0. The van der Waals surface area contributed by atoms with Gasteiger partial charge >= 0.3 is 0 Å². The zero-order valence-corrected chi connectivity index (χ0v) is 12.3. The van der Waals surface area contributed by atoms with E-state index >= 15 is 0 Å². The number of aryl methyl sites for hydroxylation is 1. The molecule has 2 aromatic rings. The van der Waals surface area contributed by atoms with Crippen LogP contribution in [-0.4, -0.2) is 43.6 Å². The van der Waals surface area contributed by atoms with Crippen molar-refractivity contribution in [3.8, 4) is 0 Å². The molecule has 6 nitrogen and oxygen atoms in total. The number of rotatable bonds is 4. The lowest BCUT2D eigenvalue weighted by Gasteiger charge is -2.18.